The maximum Gasteiger partial charge on any atom is 0.196 e. The molecule has 36 heavy (non-hydrogen) atoms. The number of H-pyrrole nitrogens is 1. The molecule has 0 bridgehead atoms. The van der Waals surface area contributed by atoms with Crippen molar-refractivity contribution >= 4 is 49.4 Å². The van der Waals surface area contributed by atoms with E-state index in [9.17, 15) is 9.59 Å². The van der Waals surface area contributed by atoms with Gasteiger partial charge in [-0.2, -0.15) is 0 Å². The van der Waals surface area contributed by atoms with Crippen molar-refractivity contribution in [1.82, 2.24) is 14.8 Å². The second kappa shape index (κ2) is 9.08. The first kappa shape index (κ1) is 22.8. The molecule has 7 nitrogen and oxygen atoms in total. The van der Waals surface area contributed by atoms with E-state index < -0.39 is 0 Å². The van der Waals surface area contributed by atoms with Crippen molar-refractivity contribution in [3.63, 3.8) is 0 Å². The molecule has 0 radical (unpaired) electrons. The second-order valence-corrected chi connectivity index (χ2v) is 9.90. The van der Waals surface area contributed by atoms with Crippen LogP contribution in [0, 0.1) is 6.92 Å². The van der Waals surface area contributed by atoms with Crippen LogP contribution in [0.1, 0.15) is 12.0 Å². The van der Waals surface area contributed by atoms with E-state index in [0.29, 0.717) is 50.5 Å². The van der Waals surface area contributed by atoms with Crippen LogP contribution in [0.15, 0.2) is 62.5 Å². The van der Waals surface area contributed by atoms with E-state index in [1.54, 1.807) is 24.3 Å². The third-order valence-electron chi connectivity index (χ3n) is 7.34. The van der Waals surface area contributed by atoms with E-state index >= 15 is 0 Å². The van der Waals surface area contributed by atoms with Gasteiger partial charge in [0.15, 0.2) is 22.0 Å². The van der Waals surface area contributed by atoms with Crippen molar-refractivity contribution in [1.29, 1.82) is 0 Å². The number of rotatable bonds is 5. The highest BCUT2D eigenvalue weighted by atomic mass is 16.3. The number of piperazine rings is 1. The topological polar surface area (TPSA) is 81.6 Å². The van der Waals surface area contributed by atoms with E-state index in [1.165, 1.54) is 0 Å². The van der Waals surface area contributed by atoms with Gasteiger partial charge in [-0.25, -0.2) is 0 Å². The summed E-state index contributed by atoms with van der Waals surface area (Å²) in [5.74, 6) is 0. The second-order valence-electron chi connectivity index (χ2n) is 9.90. The molecule has 0 saturated carbocycles. The molecule has 1 fully saturated rings. The van der Waals surface area contributed by atoms with E-state index in [1.807, 2.05) is 31.2 Å². The fraction of sp³-hybridized carbons (Fsp3) is 0.310. The highest BCUT2D eigenvalue weighted by molar-refractivity contribution is 6.14. The Labute approximate surface area is 208 Å². The molecule has 1 aliphatic rings. The van der Waals surface area contributed by atoms with Crippen molar-refractivity contribution in [2.75, 3.05) is 51.6 Å². The smallest absolute Gasteiger partial charge is 0.196 e. The lowest BCUT2D eigenvalue weighted by atomic mass is 9.99. The predicted molar refractivity (Wildman–Crippen MR) is 147 cm³/mol. The van der Waals surface area contributed by atoms with Gasteiger partial charge >= 0.3 is 0 Å². The van der Waals surface area contributed by atoms with Gasteiger partial charge in [0.05, 0.1) is 21.8 Å². The van der Waals surface area contributed by atoms with Gasteiger partial charge in [-0.05, 0) is 44.6 Å². The Hall–Kier alpha value is -3.68. The Morgan fingerprint density at radius 1 is 0.917 bits per heavy atom. The van der Waals surface area contributed by atoms with Crippen LogP contribution in [-0.4, -0.2) is 61.1 Å². The number of fused-ring (bicyclic) bond motifs is 5. The van der Waals surface area contributed by atoms with E-state index in [4.69, 9.17) is 4.42 Å². The number of likely N-dealkylation sites (N-methyl/N-ethyl adjacent to an activating group) is 1. The first-order valence-corrected chi connectivity index (χ1v) is 12.6. The van der Waals surface area contributed by atoms with Crippen LogP contribution in [0.25, 0.3) is 43.7 Å². The third kappa shape index (κ3) is 3.94. The molecule has 1 aliphatic heterocycles. The van der Waals surface area contributed by atoms with Crippen LogP contribution in [-0.2, 0) is 0 Å². The summed E-state index contributed by atoms with van der Waals surface area (Å²) in [7, 11) is 2.16. The van der Waals surface area contributed by atoms with Crippen molar-refractivity contribution in [2.24, 2.45) is 0 Å². The number of nitrogens with zero attached hydrogens (tertiary/aromatic N) is 2. The minimum Gasteiger partial charge on any atom is -0.453 e. The summed E-state index contributed by atoms with van der Waals surface area (Å²) in [6.07, 6.45) is 0.940. The van der Waals surface area contributed by atoms with E-state index in [0.717, 1.165) is 50.2 Å². The SMILES string of the molecule is Cc1ccc2[nH]c3c(cc(NCCCN4CCN(C)CC4)c4c(=O)c5ccccc5c(=O)c43)oc2c1. The average Bonchev–Trinajstić information content (AvgIpc) is 2.89. The summed E-state index contributed by atoms with van der Waals surface area (Å²) in [4.78, 5) is 35.6. The van der Waals surface area contributed by atoms with Crippen molar-refractivity contribution in [3.8, 4) is 0 Å². The number of nitrogens with one attached hydrogen (secondary N) is 2. The summed E-state index contributed by atoms with van der Waals surface area (Å²) in [6.45, 7) is 8.04. The lowest BCUT2D eigenvalue weighted by Crippen LogP contribution is -2.44. The summed E-state index contributed by atoms with van der Waals surface area (Å²) in [6, 6.07) is 14.8. The number of aryl methyl sites for hydroxylation is 1. The van der Waals surface area contributed by atoms with Crippen molar-refractivity contribution in [3.05, 3.63) is 74.5 Å². The minimum atomic E-state index is -0.163. The number of aromatic nitrogens is 1. The molecule has 0 amide bonds. The summed E-state index contributed by atoms with van der Waals surface area (Å²) >= 11 is 0. The molecule has 6 rings (SSSR count). The Morgan fingerprint density at radius 2 is 1.64 bits per heavy atom. The Balaban J connectivity index is 1.47. The molecule has 0 unspecified atom stereocenters. The molecule has 1 saturated heterocycles. The van der Waals surface area contributed by atoms with Gasteiger partial charge in [0, 0.05) is 55.2 Å². The third-order valence-corrected chi connectivity index (χ3v) is 7.34. The highest BCUT2D eigenvalue weighted by Crippen LogP contribution is 2.31. The Bertz CT molecular complexity index is 1730. The largest absolute Gasteiger partial charge is 0.453 e. The number of hydrogen-bond donors (Lipinski definition) is 2. The quantitative estimate of drug-likeness (QED) is 0.221. The number of anilines is 1. The predicted octanol–water partition coefficient (Wildman–Crippen LogP) is 4.30. The van der Waals surface area contributed by atoms with Gasteiger partial charge in [-0.15, -0.1) is 0 Å². The normalized spacial score (nSPS) is 15.4. The molecule has 4 aromatic carbocycles. The zero-order valence-corrected chi connectivity index (χ0v) is 20.7. The van der Waals surface area contributed by atoms with Gasteiger partial charge < -0.3 is 24.5 Å². The maximum absolute atomic E-state index is 13.7. The van der Waals surface area contributed by atoms with Crippen LogP contribution in [0.5, 0.6) is 0 Å². The fourth-order valence-electron chi connectivity index (χ4n) is 5.28. The first-order chi connectivity index (χ1) is 17.5. The zero-order valence-electron chi connectivity index (χ0n) is 20.7. The molecule has 1 aromatic heterocycles. The molecular weight excluding hydrogens is 452 g/mol. The van der Waals surface area contributed by atoms with E-state index in [-0.39, 0.29) is 10.9 Å². The molecule has 0 spiro atoms. The summed E-state index contributed by atoms with van der Waals surface area (Å²) in [5.41, 5.74) is 4.02. The van der Waals surface area contributed by atoms with Gasteiger partial charge in [-0.3, -0.25) is 9.59 Å². The molecule has 0 aliphatic carbocycles. The fourth-order valence-corrected chi connectivity index (χ4v) is 5.28. The van der Waals surface area contributed by atoms with Crippen LogP contribution < -0.4 is 16.2 Å². The standard InChI is InChI=1S/C29H30N4O3/c1-18-8-9-21-23(16-18)36-24-17-22(30-10-5-11-33-14-12-32(2)13-15-33)25-26(27(24)31-21)29(35)20-7-4-3-6-19(20)28(25)34/h3-4,6-9,16-17,30-31H,5,10-15H2,1-2H3. The molecule has 0 atom stereocenters. The zero-order chi connectivity index (χ0) is 24.8. The Kier molecular flexibility index (Phi) is 5.74. The summed E-state index contributed by atoms with van der Waals surface area (Å²) < 4.78 is 6.27. The molecule has 7 heteroatoms. The first-order valence-electron chi connectivity index (χ1n) is 12.6. The van der Waals surface area contributed by atoms with Crippen molar-refractivity contribution in [2.45, 2.75) is 13.3 Å². The van der Waals surface area contributed by atoms with Crippen LogP contribution >= 0.6 is 0 Å². The number of benzene rings is 4. The van der Waals surface area contributed by atoms with Gasteiger partial charge in [0.25, 0.3) is 0 Å². The molecule has 184 valence electrons. The monoisotopic (exact) mass is 482 g/mol. The van der Waals surface area contributed by atoms with Gasteiger partial charge in [0.1, 0.15) is 0 Å². The lowest BCUT2D eigenvalue weighted by molar-refractivity contribution is 0.154. The van der Waals surface area contributed by atoms with E-state index in [2.05, 4.69) is 27.1 Å². The van der Waals surface area contributed by atoms with Crippen LogP contribution in [0.3, 0.4) is 0 Å². The average molecular weight is 483 g/mol. The minimum absolute atomic E-state index is 0.138. The van der Waals surface area contributed by atoms with Crippen LogP contribution in [0.4, 0.5) is 5.69 Å². The highest BCUT2D eigenvalue weighted by Gasteiger charge is 2.19. The Morgan fingerprint density at radius 3 is 2.39 bits per heavy atom. The van der Waals surface area contributed by atoms with Gasteiger partial charge in [-0.1, -0.05) is 30.3 Å². The number of hydrogen-bond acceptors (Lipinski definition) is 6. The maximum atomic E-state index is 13.7. The number of aromatic amines is 1. The molecular formula is C29H30N4O3. The molecule has 5 aromatic rings. The lowest BCUT2D eigenvalue weighted by Gasteiger charge is -2.32. The van der Waals surface area contributed by atoms with Crippen LogP contribution in [0.2, 0.25) is 0 Å². The molecule has 2 N–H and O–H groups in total. The van der Waals surface area contributed by atoms with Crippen molar-refractivity contribution < 1.29 is 4.42 Å². The summed E-state index contributed by atoms with van der Waals surface area (Å²) in [5, 5.41) is 5.15. The van der Waals surface area contributed by atoms with Gasteiger partial charge in [0.2, 0.25) is 0 Å². The molecule has 2 heterocycles.